The van der Waals surface area contributed by atoms with Gasteiger partial charge in [-0.15, -0.1) is 79.3 Å². The van der Waals surface area contributed by atoms with E-state index in [0.717, 1.165) is 113 Å². The normalized spacial score (nSPS) is 20.1. The lowest BCUT2D eigenvalue weighted by molar-refractivity contribution is -0.193. The van der Waals surface area contributed by atoms with E-state index in [9.17, 15) is 48.3 Å². The first-order chi connectivity index (χ1) is 59.2. The number of Topliss-reactive ketones (excluding diaryl/α,β-unsaturated/α-hetero) is 7. The van der Waals surface area contributed by atoms with Crippen molar-refractivity contribution in [1.82, 2.24) is 0 Å². The molecule has 0 bridgehead atoms. The lowest BCUT2D eigenvalue weighted by Crippen LogP contribution is -2.44. The summed E-state index contributed by atoms with van der Waals surface area (Å²) in [4.78, 5) is 146. The van der Waals surface area contributed by atoms with Crippen LogP contribution >= 0.6 is 46.4 Å². The van der Waals surface area contributed by atoms with Crippen molar-refractivity contribution < 1.29 is 82.0 Å². The number of unbranched alkanes of at least 4 members (excludes halogenated alkanes) is 4. The zero-order valence-corrected chi connectivity index (χ0v) is 88.0. The van der Waals surface area contributed by atoms with Crippen molar-refractivity contribution in [3.63, 3.8) is 0 Å². The number of carbonyl (C=O) groups excluding carboxylic acids is 13. The van der Waals surface area contributed by atoms with Crippen molar-refractivity contribution in [3.8, 4) is 0 Å². The molecule has 0 saturated heterocycles. The van der Waals surface area contributed by atoms with Crippen LogP contribution in [0.15, 0.2) is 110 Å². The molecule has 0 aromatic rings. The highest BCUT2D eigenvalue weighted by molar-refractivity contribution is 6.18. The number of ether oxygens (including phenoxy) is 2. The van der Waals surface area contributed by atoms with E-state index in [2.05, 4.69) is 149 Å². The van der Waals surface area contributed by atoms with Gasteiger partial charge in [0.2, 0.25) is 0 Å². The summed E-state index contributed by atoms with van der Waals surface area (Å²) in [6.45, 7) is 76.3. The van der Waals surface area contributed by atoms with Crippen LogP contribution in [0.4, 0.5) is 0 Å². The van der Waals surface area contributed by atoms with Gasteiger partial charge >= 0.3 is 24.2 Å². The van der Waals surface area contributed by atoms with Gasteiger partial charge in [0.05, 0.1) is 6.10 Å². The molecule has 1 aliphatic heterocycles. The highest BCUT2D eigenvalue weighted by atomic mass is 35.5. The first kappa shape index (κ1) is 133. The maximum absolute atomic E-state index is 13.8. The lowest BCUT2D eigenvalue weighted by Gasteiger charge is -2.38. The Bertz CT molecular complexity index is 3470. The molecule has 128 heavy (non-hydrogen) atoms. The average Bonchev–Trinajstić information content (AvgIpc) is 0.824. The number of halogens is 4. The fourth-order valence-electron chi connectivity index (χ4n) is 14.6. The molecule has 1 heterocycles. The Labute approximate surface area is 797 Å². The summed E-state index contributed by atoms with van der Waals surface area (Å²) in [5.41, 5.74) is 0.915. The molecule has 0 saturated carbocycles. The third-order valence-electron chi connectivity index (χ3n) is 26.7. The van der Waals surface area contributed by atoms with E-state index in [1.165, 1.54) is 20.8 Å². The Morgan fingerprint density at radius 1 is 0.578 bits per heavy atom. The van der Waals surface area contributed by atoms with Crippen molar-refractivity contribution in [2.24, 2.45) is 116 Å². The van der Waals surface area contributed by atoms with Crippen molar-refractivity contribution in [2.75, 3.05) is 23.5 Å². The monoisotopic (exact) mass is 1880 g/mol. The molecule has 0 radical (unpaired) electrons. The molecule has 0 amide bonds. The predicted molar refractivity (Wildman–Crippen MR) is 530 cm³/mol. The molecular formula is C107H178Cl4O17. The van der Waals surface area contributed by atoms with Crippen LogP contribution in [-0.2, 0) is 71.8 Å². The standard InChI is InChI=1S/C29H47ClO4.C27H43ClO4.C21H39ClO2.C18H33ClO.C10H16O2.2CO2/c1-10-14-20(3)16-17-26(24(7)31)34-27(32)19-22(5)29(8,9)28(33)25(15-12-13-18-30)23(6)21(4)11-2;1-18-11-10-12-19(2)21(4)23(13-8-9-16-28)26(31)27(6,7)20(3)17-25(30)32-24(15-14-18)22(5)29;1-9-15(2)16(3)17(12-10-11-13-22)19(24)21(7,8)18(23)14-20(4,5)6;1-8-14(4)15(5)16(11-9-10-12-19)17(20)18(6,7)13(2)3;1-4-5-8(2)6-7-10(12)9(3)11;2*2-1-3/h10-11,16,21-23,25-26H,1-2,12-15,17-19H2,3-9H3;10,12,14,19-21,23-24H,8-9,11,13,15-17H2,1-7H3;9,15-18,23H,1,10-14H2,2-8H3;8,13-16H,1,9-12H2,2-7H3;4,6,10,12H,1,5,7H2,2-3H3;;/b20-16-;12-10+,18-14-;;;8-6-;;/t21-,22-,23-,25+,26-;19-,20-,21-,23+,24-;15-,16-,17+,18-;14-,15-,16+;10-;;/m00000../s1. The molecule has 0 aromatic carbocycles. The van der Waals surface area contributed by atoms with E-state index in [1.54, 1.807) is 12.2 Å². The van der Waals surface area contributed by atoms with Crippen molar-refractivity contribution in [1.29, 1.82) is 0 Å². The smallest absolute Gasteiger partial charge is 0.373 e. The van der Waals surface area contributed by atoms with Gasteiger partial charge in [-0.05, 0) is 196 Å². The SMILES string of the molecule is C=CC/C(C)=C\C[C@H](O)C(C)=O.C=CC/C(C)=C\C[C@H](OC(=O)C[C@H](C)C(C)(C)C(=O)[C@H](CCCCCl)[C@@H](C)[C@@H](C)C=C)C(C)=O.C=C[C@H](C)[C@H](C)[C@@H](CCCCCl)C(=O)C(C)(C)C(C)C.C=C[C@H](C)[C@H](C)[C@@H](CCCCCl)C(=O)C(C)(C)[C@@H](O)CC(C)(C)C.CC(=O)[C@@H]1C/C=C(/C)C/C=C/[C@H](C)[C@H](C)[C@@H](CCCCCl)C(=O)C(C)(C)[C@@H](C)CC(=O)O1.O=C=O.O=C=O. The molecule has 736 valence electrons. The Morgan fingerprint density at radius 2 is 0.961 bits per heavy atom. The van der Waals surface area contributed by atoms with Gasteiger partial charge in [0, 0.05) is 94.5 Å². The number of carbonyl (C=O) groups is 9. The zero-order valence-electron chi connectivity index (χ0n) is 85.0. The number of hydrogen-bond acceptors (Lipinski definition) is 17. The second kappa shape index (κ2) is 71.7. The summed E-state index contributed by atoms with van der Waals surface area (Å²) in [5, 5.41) is 19.8. The van der Waals surface area contributed by atoms with E-state index < -0.39 is 52.6 Å². The number of cyclic esters (lactones) is 1. The quantitative estimate of drug-likeness (QED) is 0.0248. The Morgan fingerprint density at radius 3 is 1.31 bits per heavy atom. The summed E-state index contributed by atoms with van der Waals surface area (Å²) < 4.78 is 11.1. The first-order valence-corrected chi connectivity index (χ1v) is 48.8. The van der Waals surface area contributed by atoms with Gasteiger partial charge in [-0.2, -0.15) is 19.2 Å². The summed E-state index contributed by atoms with van der Waals surface area (Å²) >= 11 is 23.3. The molecule has 0 unspecified atom stereocenters. The fraction of sp³-hybridized carbons (Fsp3) is 0.729. The Kier molecular flexibility index (Phi) is 74.4. The minimum Gasteiger partial charge on any atom is -0.454 e. The minimum atomic E-state index is -0.843. The third-order valence-corrected chi connectivity index (χ3v) is 27.8. The topological polar surface area (TPSA) is 281 Å². The third kappa shape index (κ3) is 55.0. The minimum absolute atomic E-state index is 0.00882. The molecule has 2 N–H and O–H groups in total. The molecule has 17 nitrogen and oxygen atoms in total. The molecule has 0 fully saturated rings. The van der Waals surface area contributed by atoms with Gasteiger partial charge in [0.15, 0.2) is 29.6 Å². The molecule has 0 aliphatic carbocycles. The highest BCUT2D eigenvalue weighted by Gasteiger charge is 2.46. The van der Waals surface area contributed by atoms with E-state index >= 15 is 0 Å². The largest absolute Gasteiger partial charge is 0.454 e. The lowest BCUT2D eigenvalue weighted by atomic mass is 9.66. The maximum atomic E-state index is 13.8. The average molecular weight is 1880 g/mol. The summed E-state index contributed by atoms with van der Waals surface area (Å²) in [7, 11) is 0. The number of alkyl halides is 4. The van der Waals surface area contributed by atoms with E-state index in [4.69, 9.17) is 80.2 Å². The first-order valence-electron chi connectivity index (χ1n) is 46.6. The van der Waals surface area contributed by atoms with Crippen molar-refractivity contribution in [3.05, 3.63) is 110 Å². The van der Waals surface area contributed by atoms with Crippen LogP contribution in [0.5, 0.6) is 0 Å². The van der Waals surface area contributed by atoms with Gasteiger partial charge in [0.25, 0.3) is 0 Å². The number of hydrogen-bond donors (Lipinski definition) is 2. The molecule has 1 rings (SSSR count). The van der Waals surface area contributed by atoms with Gasteiger partial charge in [-0.3, -0.25) is 43.2 Å². The van der Waals surface area contributed by atoms with Gasteiger partial charge < -0.3 is 19.7 Å². The second-order valence-corrected chi connectivity index (χ2v) is 41.2. The van der Waals surface area contributed by atoms with E-state index in [1.807, 2.05) is 113 Å². The summed E-state index contributed by atoms with van der Waals surface area (Å²) in [6, 6.07) is 0. The van der Waals surface area contributed by atoms with Crippen LogP contribution in [0, 0.1) is 116 Å². The van der Waals surface area contributed by atoms with Gasteiger partial charge in [-0.25, -0.2) is 0 Å². The van der Waals surface area contributed by atoms with E-state index in [0.29, 0.717) is 72.7 Å². The van der Waals surface area contributed by atoms with Crippen LogP contribution < -0.4 is 0 Å². The van der Waals surface area contributed by atoms with Crippen LogP contribution in [0.25, 0.3) is 0 Å². The van der Waals surface area contributed by atoms with Crippen LogP contribution in [0.3, 0.4) is 0 Å². The van der Waals surface area contributed by atoms with Crippen molar-refractivity contribution in [2.45, 2.75) is 360 Å². The highest BCUT2D eigenvalue weighted by Crippen LogP contribution is 2.44. The van der Waals surface area contributed by atoms with Crippen molar-refractivity contribution >= 4 is 111 Å². The molecule has 1 aliphatic rings. The van der Waals surface area contributed by atoms with Gasteiger partial charge in [-0.1, -0.05) is 262 Å². The van der Waals surface area contributed by atoms with Gasteiger partial charge in [0.1, 0.15) is 29.2 Å². The molecular weight excluding hydrogens is 1700 g/mol. The number of allylic oxidation sites excluding steroid dienone is 10. The number of esters is 2. The number of aliphatic hydroxyl groups is 2. The maximum Gasteiger partial charge on any atom is 0.373 e. The summed E-state index contributed by atoms with van der Waals surface area (Å²) in [6.07, 6.45) is 32.0. The fourth-order valence-corrected chi connectivity index (χ4v) is 15.4. The molecule has 0 spiro atoms. The Hall–Kier alpha value is -5.87. The van der Waals surface area contributed by atoms with E-state index in [-0.39, 0.29) is 142 Å². The van der Waals surface area contributed by atoms with Crippen LogP contribution in [-0.4, -0.2) is 123 Å². The van der Waals surface area contributed by atoms with Crippen LogP contribution in [0.2, 0.25) is 0 Å². The number of ketones is 7. The molecule has 21 heteroatoms. The number of aliphatic hydroxyl groups excluding tert-OH is 2. The zero-order chi connectivity index (χ0) is 101. The summed E-state index contributed by atoms with van der Waals surface area (Å²) in [5.74, 6) is 3.74. The molecule has 0 aromatic heterocycles. The predicted octanol–water partition coefficient (Wildman–Crippen LogP) is 26.5. The number of rotatable bonds is 49. The molecule has 18 atom stereocenters. The Balaban J connectivity index is -0.000000369. The van der Waals surface area contributed by atoms with Crippen LogP contribution in [0.1, 0.15) is 336 Å². The second-order valence-electron chi connectivity index (χ2n) is 39.7.